The Bertz CT molecular complexity index is 927. The first-order valence-electron chi connectivity index (χ1n) is 9.83. The largest absolute Gasteiger partial charge is 0.432 e. The fourth-order valence-corrected chi connectivity index (χ4v) is 5.33. The summed E-state index contributed by atoms with van der Waals surface area (Å²) >= 11 is 1.77. The summed E-state index contributed by atoms with van der Waals surface area (Å²) < 4.78 is 5.58. The van der Waals surface area contributed by atoms with E-state index in [-0.39, 0.29) is 23.8 Å². The second-order valence-corrected chi connectivity index (χ2v) is 10.3. The number of hydrogen-bond acceptors (Lipinski definition) is 7. The number of carbonyl (C=O) groups is 2. The van der Waals surface area contributed by atoms with Crippen molar-refractivity contribution in [3.05, 3.63) is 23.5 Å². The summed E-state index contributed by atoms with van der Waals surface area (Å²) in [6.45, 7) is 6.47. The fourth-order valence-electron chi connectivity index (χ4n) is 4.18. The molecule has 1 unspecified atom stereocenters. The van der Waals surface area contributed by atoms with Gasteiger partial charge in [-0.15, -0.1) is 0 Å². The number of amides is 2. The van der Waals surface area contributed by atoms with Gasteiger partial charge in [-0.2, -0.15) is 17.0 Å². The second-order valence-electron chi connectivity index (χ2n) is 9.03. The minimum atomic E-state index is -1.00. The molecule has 29 heavy (non-hydrogen) atoms. The zero-order valence-corrected chi connectivity index (χ0v) is 17.7. The first-order chi connectivity index (χ1) is 13.7. The molecular formula is C21H24N4O3S. The molecule has 2 saturated heterocycles. The molecule has 0 N–H and O–H groups in total. The summed E-state index contributed by atoms with van der Waals surface area (Å²) in [4.78, 5) is 36.0. The number of ether oxygens (including phenoxy) is 1. The van der Waals surface area contributed by atoms with Gasteiger partial charge in [-0.05, 0) is 29.4 Å². The molecule has 152 valence electrons. The summed E-state index contributed by atoms with van der Waals surface area (Å²) in [7, 11) is 0. The Morgan fingerprint density at radius 3 is 2.72 bits per heavy atom. The van der Waals surface area contributed by atoms with E-state index in [4.69, 9.17) is 4.74 Å². The predicted octanol–water partition coefficient (Wildman–Crippen LogP) is 3.48. The van der Waals surface area contributed by atoms with Crippen LogP contribution in [-0.4, -0.2) is 52.0 Å². The van der Waals surface area contributed by atoms with Crippen LogP contribution in [-0.2, 0) is 9.53 Å². The maximum atomic E-state index is 13.1. The van der Waals surface area contributed by atoms with Gasteiger partial charge >= 0.3 is 6.09 Å². The molecule has 8 heteroatoms. The number of fused-ring (bicyclic) bond motifs is 1. The zero-order chi connectivity index (χ0) is 20.8. The first kappa shape index (κ1) is 19.9. The Hall–Kier alpha value is -2.40. The van der Waals surface area contributed by atoms with Crippen LogP contribution in [0.2, 0.25) is 0 Å². The van der Waals surface area contributed by atoms with Crippen molar-refractivity contribution in [1.82, 2.24) is 4.90 Å². The van der Waals surface area contributed by atoms with Crippen molar-refractivity contribution in [2.24, 2.45) is 21.3 Å². The van der Waals surface area contributed by atoms with Gasteiger partial charge in [0.15, 0.2) is 5.60 Å². The highest BCUT2D eigenvalue weighted by Gasteiger charge is 2.54. The monoisotopic (exact) mass is 412 g/mol. The summed E-state index contributed by atoms with van der Waals surface area (Å²) in [6, 6.07) is 2.09. The molecule has 2 amide bonds. The SMILES string of the molecule is CC(C)(C)CC1C(CN2C(=O)OC3(CCSCC3)C2=O)=NC=C2C=C(C#N)N=C21. The van der Waals surface area contributed by atoms with Crippen molar-refractivity contribution in [3.8, 4) is 6.07 Å². The topological polar surface area (TPSA) is 95.1 Å². The van der Waals surface area contributed by atoms with E-state index in [1.807, 2.05) is 0 Å². The molecule has 0 aromatic heterocycles. The molecule has 2 fully saturated rings. The van der Waals surface area contributed by atoms with E-state index in [9.17, 15) is 14.9 Å². The van der Waals surface area contributed by atoms with E-state index in [1.165, 1.54) is 4.90 Å². The molecule has 4 aliphatic rings. The van der Waals surface area contributed by atoms with Crippen LogP contribution < -0.4 is 0 Å². The summed E-state index contributed by atoms with van der Waals surface area (Å²) in [5, 5.41) is 9.23. The van der Waals surface area contributed by atoms with Crippen LogP contribution in [0.25, 0.3) is 0 Å². The van der Waals surface area contributed by atoms with Gasteiger partial charge < -0.3 is 4.74 Å². The third-order valence-corrected chi connectivity index (χ3v) is 6.61. The van der Waals surface area contributed by atoms with Gasteiger partial charge in [0.05, 0.1) is 12.3 Å². The lowest BCUT2D eigenvalue weighted by atomic mass is 9.77. The van der Waals surface area contributed by atoms with Crippen molar-refractivity contribution in [3.63, 3.8) is 0 Å². The Labute approximate surface area is 174 Å². The fraction of sp³-hybridized carbons (Fsp3) is 0.571. The Morgan fingerprint density at radius 1 is 1.34 bits per heavy atom. The van der Waals surface area contributed by atoms with Gasteiger partial charge in [0.2, 0.25) is 0 Å². The molecule has 4 rings (SSSR count). The van der Waals surface area contributed by atoms with Crippen molar-refractivity contribution in [1.29, 1.82) is 5.26 Å². The number of carbonyl (C=O) groups excluding carboxylic acids is 2. The van der Waals surface area contributed by atoms with Crippen LogP contribution in [0, 0.1) is 22.7 Å². The summed E-state index contributed by atoms with van der Waals surface area (Å²) in [5.41, 5.74) is 1.67. The number of rotatable bonds is 3. The van der Waals surface area contributed by atoms with Gasteiger partial charge in [0.1, 0.15) is 11.8 Å². The molecule has 0 radical (unpaired) electrons. The van der Waals surface area contributed by atoms with Gasteiger partial charge in [0.25, 0.3) is 5.91 Å². The van der Waals surface area contributed by atoms with Gasteiger partial charge in [-0.1, -0.05) is 20.8 Å². The third-order valence-electron chi connectivity index (χ3n) is 5.62. The van der Waals surface area contributed by atoms with Crippen molar-refractivity contribution in [2.45, 2.75) is 45.6 Å². The average molecular weight is 413 g/mol. The smallest absolute Gasteiger partial charge is 0.418 e. The van der Waals surface area contributed by atoms with Crippen LogP contribution in [0.15, 0.2) is 33.5 Å². The van der Waals surface area contributed by atoms with E-state index in [1.54, 1.807) is 24.0 Å². The Kier molecular flexibility index (Phi) is 4.89. The Morgan fingerprint density at radius 2 is 2.07 bits per heavy atom. The second kappa shape index (κ2) is 7.13. The number of nitrogens with zero attached hydrogens (tertiary/aromatic N) is 4. The quantitative estimate of drug-likeness (QED) is 0.707. The average Bonchev–Trinajstić information content (AvgIpc) is 3.18. The lowest BCUT2D eigenvalue weighted by molar-refractivity contribution is -0.137. The van der Waals surface area contributed by atoms with Crippen molar-refractivity contribution >= 4 is 35.2 Å². The van der Waals surface area contributed by atoms with E-state index < -0.39 is 11.7 Å². The van der Waals surface area contributed by atoms with Gasteiger partial charge in [-0.3, -0.25) is 9.79 Å². The number of thioether (sulfide) groups is 1. The Balaban J connectivity index is 1.61. The molecule has 4 heterocycles. The van der Waals surface area contributed by atoms with Crippen molar-refractivity contribution in [2.75, 3.05) is 18.1 Å². The van der Waals surface area contributed by atoms with Crippen LogP contribution in [0.3, 0.4) is 0 Å². The highest BCUT2D eigenvalue weighted by molar-refractivity contribution is 7.99. The minimum Gasteiger partial charge on any atom is -0.432 e. The van der Waals surface area contributed by atoms with E-state index in [0.717, 1.165) is 29.2 Å². The summed E-state index contributed by atoms with van der Waals surface area (Å²) in [6.07, 6.45) is 4.68. The maximum absolute atomic E-state index is 13.1. The van der Waals surface area contributed by atoms with Crippen LogP contribution in [0.1, 0.15) is 40.0 Å². The molecular weight excluding hydrogens is 388 g/mol. The number of imide groups is 1. The number of allylic oxidation sites excluding steroid dienone is 3. The van der Waals surface area contributed by atoms with Crippen LogP contribution in [0.4, 0.5) is 4.79 Å². The van der Waals surface area contributed by atoms with Crippen LogP contribution >= 0.6 is 11.8 Å². The lowest BCUT2D eigenvalue weighted by Crippen LogP contribution is -2.46. The van der Waals surface area contributed by atoms with E-state index in [0.29, 0.717) is 24.3 Å². The molecule has 1 spiro atoms. The molecule has 0 aliphatic carbocycles. The first-order valence-corrected chi connectivity index (χ1v) is 11.0. The summed E-state index contributed by atoms with van der Waals surface area (Å²) in [5.74, 6) is 1.22. The number of aliphatic imine (C=N–C) groups is 2. The molecule has 0 bridgehead atoms. The van der Waals surface area contributed by atoms with E-state index in [2.05, 4.69) is 36.8 Å². The lowest BCUT2D eigenvalue weighted by Gasteiger charge is -2.31. The molecule has 0 saturated carbocycles. The highest BCUT2D eigenvalue weighted by atomic mass is 32.2. The normalized spacial score (nSPS) is 25.7. The molecule has 0 aromatic rings. The van der Waals surface area contributed by atoms with Gasteiger partial charge in [0, 0.05) is 36.2 Å². The standard InChI is InChI=1S/C21H24N4O3S/c1-20(2,3)9-15-16(23-11-13-8-14(10-22)24-17(13)15)12-25-18(26)21(28-19(25)27)4-6-29-7-5-21/h8,11,15H,4-7,9,12H2,1-3H3. The predicted molar refractivity (Wildman–Crippen MR) is 112 cm³/mol. The number of nitriles is 1. The molecule has 0 aromatic carbocycles. The van der Waals surface area contributed by atoms with E-state index >= 15 is 0 Å². The zero-order valence-electron chi connectivity index (χ0n) is 16.9. The van der Waals surface area contributed by atoms with Gasteiger partial charge in [-0.25, -0.2) is 14.7 Å². The molecule has 7 nitrogen and oxygen atoms in total. The maximum Gasteiger partial charge on any atom is 0.418 e. The molecule has 4 aliphatic heterocycles. The minimum absolute atomic E-state index is 0.0247. The van der Waals surface area contributed by atoms with Crippen LogP contribution in [0.5, 0.6) is 0 Å². The number of hydrogen-bond donors (Lipinski definition) is 0. The third kappa shape index (κ3) is 3.64. The van der Waals surface area contributed by atoms with Crippen molar-refractivity contribution < 1.29 is 14.3 Å². The highest BCUT2D eigenvalue weighted by Crippen LogP contribution is 2.38. The molecule has 1 atom stereocenters.